The summed E-state index contributed by atoms with van der Waals surface area (Å²) in [4.78, 5) is 23.7. The zero-order valence-electron chi connectivity index (χ0n) is 12.5. The minimum atomic E-state index is -1.06. The van der Waals surface area contributed by atoms with E-state index in [0.717, 1.165) is 18.4 Å². The molecule has 0 aromatic heterocycles. The number of nitrogens with one attached hydrogen (secondary N) is 1. The first-order valence-corrected chi connectivity index (χ1v) is 7.60. The van der Waals surface area contributed by atoms with Crippen molar-refractivity contribution in [1.29, 1.82) is 0 Å². The molecule has 1 amide bonds. The van der Waals surface area contributed by atoms with Crippen LogP contribution in [0.25, 0.3) is 0 Å². The summed E-state index contributed by atoms with van der Waals surface area (Å²) in [5, 5.41) is 12.3. The number of hydrogen-bond acceptors (Lipinski definition) is 2. The molecule has 1 aromatic carbocycles. The summed E-state index contributed by atoms with van der Waals surface area (Å²) < 4.78 is 0. The van der Waals surface area contributed by atoms with E-state index in [0.29, 0.717) is 31.6 Å². The molecule has 1 aliphatic carbocycles. The zero-order valence-corrected chi connectivity index (χ0v) is 12.5. The number of rotatable bonds is 5. The maximum absolute atomic E-state index is 12.1. The van der Waals surface area contributed by atoms with Crippen LogP contribution in [0.3, 0.4) is 0 Å². The fourth-order valence-electron chi connectivity index (χ4n) is 3.14. The molecule has 1 aromatic rings. The van der Waals surface area contributed by atoms with Crippen LogP contribution in [-0.2, 0) is 16.0 Å². The van der Waals surface area contributed by atoms with Crippen molar-refractivity contribution in [2.24, 2.45) is 5.92 Å². The van der Waals surface area contributed by atoms with Crippen LogP contribution in [0.4, 0.5) is 0 Å². The SMILES string of the molecule is CC1CCCC(NC(=O)CCc2ccccc2)(C(=O)O)C1. The van der Waals surface area contributed by atoms with Gasteiger partial charge in [-0.25, -0.2) is 4.79 Å². The highest BCUT2D eigenvalue weighted by atomic mass is 16.4. The van der Waals surface area contributed by atoms with Crippen molar-refractivity contribution in [1.82, 2.24) is 5.32 Å². The minimum absolute atomic E-state index is 0.171. The van der Waals surface area contributed by atoms with E-state index in [1.54, 1.807) is 0 Å². The number of hydrogen-bond donors (Lipinski definition) is 2. The standard InChI is InChI=1S/C17H23NO3/c1-13-6-5-11-17(12-13,16(20)21)18-15(19)10-9-14-7-3-2-4-8-14/h2-4,7-8,13H,5-6,9-12H2,1H3,(H,18,19)(H,20,21). The zero-order chi connectivity index (χ0) is 15.3. The number of carboxylic acid groups (broad SMARTS) is 1. The Balaban J connectivity index is 1.94. The van der Waals surface area contributed by atoms with Crippen molar-refractivity contribution in [2.45, 2.75) is 51.0 Å². The first-order valence-electron chi connectivity index (χ1n) is 7.60. The van der Waals surface area contributed by atoms with Gasteiger partial charge in [-0.1, -0.05) is 50.1 Å². The van der Waals surface area contributed by atoms with Gasteiger partial charge in [0.25, 0.3) is 0 Å². The third-order valence-electron chi connectivity index (χ3n) is 4.27. The van der Waals surface area contributed by atoms with Crippen molar-refractivity contribution < 1.29 is 14.7 Å². The molecule has 0 heterocycles. The molecule has 2 rings (SSSR count). The molecule has 2 unspecified atom stereocenters. The van der Waals surface area contributed by atoms with Gasteiger partial charge in [-0.05, 0) is 30.7 Å². The number of amides is 1. The maximum Gasteiger partial charge on any atom is 0.329 e. The summed E-state index contributed by atoms with van der Waals surface area (Å²) in [5.41, 5.74) is 0.0277. The summed E-state index contributed by atoms with van der Waals surface area (Å²) in [5.74, 6) is -0.735. The van der Waals surface area contributed by atoms with Gasteiger partial charge in [0, 0.05) is 6.42 Å². The second-order valence-corrected chi connectivity index (χ2v) is 6.12. The Hall–Kier alpha value is -1.84. The molecule has 114 valence electrons. The molecule has 0 bridgehead atoms. The molecule has 0 spiro atoms. The molecule has 4 heteroatoms. The normalized spacial score (nSPS) is 25.3. The molecule has 0 aliphatic heterocycles. The Kier molecular flexibility index (Phi) is 4.99. The van der Waals surface area contributed by atoms with Gasteiger partial charge in [0.2, 0.25) is 5.91 Å². The Morgan fingerprint density at radius 1 is 1.33 bits per heavy atom. The van der Waals surface area contributed by atoms with Crippen LogP contribution in [0.15, 0.2) is 30.3 Å². The second-order valence-electron chi connectivity index (χ2n) is 6.12. The molecule has 4 nitrogen and oxygen atoms in total. The number of aryl methyl sites for hydroxylation is 1. The molecule has 2 atom stereocenters. The van der Waals surface area contributed by atoms with E-state index in [4.69, 9.17) is 0 Å². The summed E-state index contributed by atoms with van der Waals surface area (Å²) in [7, 11) is 0. The molecule has 0 radical (unpaired) electrons. The fraction of sp³-hybridized carbons (Fsp3) is 0.529. The van der Waals surface area contributed by atoms with Crippen LogP contribution in [0, 0.1) is 5.92 Å². The molecular weight excluding hydrogens is 266 g/mol. The maximum atomic E-state index is 12.1. The number of carboxylic acids is 1. The number of carbonyl (C=O) groups is 2. The average molecular weight is 289 g/mol. The molecular formula is C17H23NO3. The largest absolute Gasteiger partial charge is 0.480 e. The molecule has 1 fully saturated rings. The summed E-state index contributed by atoms with van der Waals surface area (Å²) in [6, 6.07) is 9.77. The smallest absolute Gasteiger partial charge is 0.329 e. The van der Waals surface area contributed by atoms with Gasteiger partial charge in [0.1, 0.15) is 5.54 Å². The molecule has 0 saturated heterocycles. The van der Waals surface area contributed by atoms with E-state index in [1.807, 2.05) is 37.3 Å². The Morgan fingerprint density at radius 2 is 2.05 bits per heavy atom. The van der Waals surface area contributed by atoms with Gasteiger partial charge in [-0.15, -0.1) is 0 Å². The van der Waals surface area contributed by atoms with E-state index in [-0.39, 0.29) is 5.91 Å². The minimum Gasteiger partial charge on any atom is -0.480 e. The third-order valence-corrected chi connectivity index (χ3v) is 4.27. The van der Waals surface area contributed by atoms with Crippen molar-refractivity contribution in [3.05, 3.63) is 35.9 Å². The quantitative estimate of drug-likeness (QED) is 0.876. The van der Waals surface area contributed by atoms with E-state index >= 15 is 0 Å². The van der Waals surface area contributed by atoms with E-state index in [2.05, 4.69) is 5.32 Å². The first kappa shape index (κ1) is 15.5. The number of aliphatic carboxylic acids is 1. The molecule has 1 saturated carbocycles. The van der Waals surface area contributed by atoms with E-state index < -0.39 is 11.5 Å². The summed E-state index contributed by atoms with van der Waals surface area (Å²) in [6.07, 6.45) is 3.91. The van der Waals surface area contributed by atoms with Crippen molar-refractivity contribution in [2.75, 3.05) is 0 Å². The van der Waals surface area contributed by atoms with Gasteiger partial charge in [-0.3, -0.25) is 4.79 Å². The monoisotopic (exact) mass is 289 g/mol. The second kappa shape index (κ2) is 6.74. The van der Waals surface area contributed by atoms with Gasteiger partial charge in [0.15, 0.2) is 0 Å². The van der Waals surface area contributed by atoms with Crippen LogP contribution < -0.4 is 5.32 Å². The van der Waals surface area contributed by atoms with Crippen molar-refractivity contribution in [3.63, 3.8) is 0 Å². The Morgan fingerprint density at radius 3 is 2.67 bits per heavy atom. The molecule has 21 heavy (non-hydrogen) atoms. The van der Waals surface area contributed by atoms with E-state index in [9.17, 15) is 14.7 Å². The van der Waals surface area contributed by atoms with Crippen molar-refractivity contribution in [3.8, 4) is 0 Å². The highest BCUT2D eigenvalue weighted by molar-refractivity contribution is 5.87. The van der Waals surface area contributed by atoms with Gasteiger partial charge in [-0.2, -0.15) is 0 Å². The lowest BCUT2D eigenvalue weighted by atomic mass is 9.76. The highest BCUT2D eigenvalue weighted by Gasteiger charge is 2.42. The predicted molar refractivity (Wildman–Crippen MR) is 80.9 cm³/mol. The van der Waals surface area contributed by atoms with Gasteiger partial charge in [0.05, 0.1) is 0 Å². The lowest BCUT2D eigenvalue weighted by Gasteiger charge is -2.37. The third kappa shape index (κ3) is 4.06. The van der Waals surface area contributed by atoms with Gasteiger partial charge >= 0.3 is 5.97 Å². The topological polar surface area (TPSA) is 66.4 Å². The first-order chi connectivity index (χ1) is 10.0. The van der Waals surface area contributed by atoms with Crippen LogP contribution in [0.2, 0.25) is 0 Å². The lowest BCUT2D eigenvalue weighted by Crippen LogP contribution is -2.56. The Bertz CT molecular complexity index is 500. The lowest BCUT2D eigenvalue weighted by molar-refractivity contribution is -0.150. The number of benzene rings is 1. The van der Waals surface area contributed by atoms with Crippen molar-refractivity contribution >= 4 is 11.9 Å². The molecule has 2 N–H and O–H groups in total. The summed E-state index contributed by atoms with van der Waals surface area (Å²) >= 11 is 0. The Labute approximate surface area is 125 Å². The molecule has 1 aliphatic rings. The van der Waals surface area contributed by atoms with Crippen LogP contribution >= 0.6 is 0 Å². The van der Waals surface area contributed by atoms with Crippen LogP contribution in [-0.4, -0.2) is 22.5 Å². The predicted octanol–water partition coefficient (Wildman–Crippen LogP) is 2.77. The summed E-state index contributed by atoms with van der Waals surface area (Å²) in [6.45, 7) is 2.05. The van der Waals surface area contributed by atoms with E-state index in [1.165, 1.54) is 0 Å². The average Bonchev–Trinajstić information content (AvgIpc) is 2.46. The van der Waals surface area contributed by atoms with Crippen LogP contribution in [0.5, 0.6) is 0 Å². The fourth-order valence-corrected chi connectivity index (χ4v) is 3.14. The van der Waals surface area contributed by atoms with Crippen LogP contribution in [0.1, 0.15) is 44.6 Å². The highest BCUT2D eigenvalue weighted by Crippen LogP contribution is 2.32. The van der Waals surface area contributed by atoms with Gasteiger partial charge < -0.3 is 10.4 Å². The number of carbonyl (C=O) groups excluding carboxylic acids is 1.